The molecule has 16 heavy (non-hydrogen) atoms. The average molecular weight is 213 g/mol. The molecule has 0 saturated heterocycles. The minimum atomic E-state index is 0.226. The first-order chi connectivity index (χ1) is 7.47. The van der Waals surface area contributed by atoms with Crippen molar-refractivity contribution in [2.24, 2.45) is 5.41 Å². The summed E-state index contributed by atoms with van der Waals surface area (Å²) in [4.78, 5) is 3.45. The Morgan fingerprint density at radius 1 is 1.12 bits per heavy atom. The van der Waals surface area contributed by atoms with E-state index in [1.165, 1.54) is 22.2 Å². The van der Waals surface area contributed by atoms with Gasteiger partial charge in [-0.3, -0.25) is 0 Å². The van der Waals surface area contributed by atoms with E-state index < -0.39 is 0 Å². The van der Waals surface area contributed by atoms with Crippen molar-refractivity contribution in [3.63, 3.8) is 0 Å². The summed E-state index contributed by atoms with van der Waals surface area (Å²) < 4.78 is 0. The highest BCUT2D eigenvalue weighted by Gasteiger charge is 2.07. The van der Waals surface area contributed by atoms with Crippen molar-refractivity contribution in [1.29, 1.82) is 0 Å². The molecule has 2 aromatic rings. The van der Waals surface area contributed by atoms with Gasteiger partial charge in [-0.15, -0.1) is 0 Å². The largest absolute Gasteiger partial charge is 0.355 e. The molecule has 2 rings (SSSR count). The Bertz CT molecular complexity index is 524. The molecule has 1 N–H and O–H groups in total. The first-order valence-corrected chi connectivity index (χ1v) is 5.74. The predicted molar refractivity (Wildman–Crippen MR) is 71.5 cm³/mol. The molecule has 0 spiro atoms. The van der Waals surface area contributed by atoms with Gasteiger partial charge in [0.05, 0.1) is 0 Å². The van der Waals surface area contributed by atoms with Crippen molar-refractivity contribution < 1.29 is 0 Å². The number of nitrogens with one attached hydrogen (secondary N) is 1. The smallest absolute Gasteiger partial charge is 0.0461 e. The zero-order chi connectivity index (χ0) is 11.8. The Morgan fingerprint density at radius 2 is 1.81 bits per heavy atom. The Hall–Kier alpha value is -1.50. The summed E-state index contributed by atoms with van der Waals surface area (Å²) in [6, 6.07) is 8.43. The number of hydrogen-bond acceptors (Lipinski definition) is 0. The van der Waals surface area contributed by atoms with Gasteiger partial charge in [-0.05, 0) is 30.0 Å². The van der Waals surface area contributed by atoms with Crippen LogP contribution in [0.2, 0.25) is 0 Å². The van der Waals surface area contributed by atoms with Crippen molar-refractivity contribution in [3.8, 4) is 0 Å². The lowest BCUT2D eigenvalue weighted by molar-refractivity contribution is 0.547. The van der Waals surface area contributed by atoms with E-state index >= 15 is 0 Å². The van der Waals surface area contributed by atoms with Crippen LogP contribution in [0.5, 0.6) is 0 Å². The number of aromatic amines is 1. The van der Waals surface area contributed by atoms with Gasteiger partial charge in [0.2, 0.25) is 0 Å². The molecule has 84 valence electrons. The van der Waals surface area contributed by atoms with Gasteiger partial charge in [-0.2, -0.15) is 0 Å². The van der Waals surface area contributed by atoms with Crippen LogP contribution >= 0.6 is 0 Å². The second-order valence-electron chi connectivity index (χ2n) is 5.41. The van der Waals surface area contributed by atoms with E-state index in [-0.39, 0.29) is 5.41 Å². The summed E-state index contributed by atoms with van der Waals surface area (Å²) in [5, 5.41) is 1.32. The van der Waals surface area contributed by atoms with Crippen molar-refractivity contribution in [3.05, 3.63) is 41.6 Å². The maximum atomic E-state index is 3.45. The third-order valence-electron chi connectivity index (χ3n) is 2.75. The molecule has 0 bridgehead atoms. The summed E-state index contributed by atoms with van der Waals surface area (Å²) in [5.74, 6) is 0. The molecule has 0 radical (unpaired) electrons. The number of aromatic nitrogens is 1. The summed E-state index contributed by atoms with van der Waals surface area (Å²) >= 11 is 0. The second kappa shape index (κ2) is 3.82. The molecule has 0 aliphatic rings. The molecule has 0 atom stereocenters. The van der Waals surface area contributed by atoms with Crippen LogP contribution in [0.15, 0.2) is 30.3 Å². The van der Waals surface area contributed by atoms with Crippen LogP contribution in [0.4, 0.5) is 0 Å². The lowest BCUT2D eigenvalue weighted by atomic mass is 9.96. The molecule has 1 heterocycles. The number of fused-ring (bicyclic) bond motifs is 1. The monoisotopic (exact) mass is 213 g/mol. The Balaban J connectivity index is 2.46. The van der Waals surface area contributed by atoms with E-state index in [1.807, 2.05) is 0 Å². The van der Waals surface area contributed by atoms with Gasteiger partial charge < -0.3 is 4.98 Å². The van der Waals surface area contributed by atoms with Crippen molar-refractivity contribution in [1.82, 2.24) is 4.98 Å². The van der Waals surface area contributed by atoms with Gasteiger partial charge in [0.15, 0.2) is 0 Å². The third kappa shape index (κ3) is 2.19. The average Bonchev–Trinajstić information content (AvgIpc) is 2.53. The van der Waals surface area contributed by atoms with E-state index in [2.05, 4.69) is 69.1 Å². The van der Waals surface area contributed by atoms with Crippen molar-refractivity contribution in [2.75, 3.05) is 0 Å². The molecule has 1 aromatic heterocycles. The highest BCUT2D eigenvalue weighted by Crippen LogP contribution is 2.24. The Kier molecular flexibility index (Phi) is 2.63. The lowest BCUT2D eigenvalue weighted by Crippen LogP contribution is -1.98. The minimum absolute atomic E-state index is 0.226. The molecule has 0 aliphatic carbocycles. The molecule has 0 saturated carbocycles. The first-order valence-electron chi connectivity index (χ1n) is 5.74. The molecule has 0 amide bonds. The van der Waals surface area contributed by atoms with Gasteiger partial charge in [0.25, 0.3) is 0 Å². The summed E-state index contributed by atoms with van der Waals surface area (Å²) in [6.45, 7) is 8.80. The molecule has 0 unspecified atom stereocenters. The number of H-pyrrole nitrogens is 1. The van der Waals surface area contributed by atoms with E-state index in [0.29, 0.717) is 0 Å². The molecule has 1 aromatic carbocycles. The number of aryl methyl sites for hydroxylation is 1. The van der Waals surface area contributed by atoms with Gasteiger partial charge in [0.1, 0.15) is 0 Å². The maximum absolute atomic E-state index is 3.45. The topological polar surface area (TPSA) is 15.8 Å². The Morgan fingerprint density at radius 3 is 2.44 bits per heavy atom. The standard InChI is InChI=1S/C15H19N/c1-11-12-7-5-6-8-14(12)16-13(11)9-10-15(2,3)4/h5-10,16H,1-4H3/b10-9+. The van der Waals surface area contributed by atoms with Crippen LogP contribution in [0.1, 0.15) is 32.0 Å². The number of benzene rings is 1. The lowest BCUT2D eigenvalue weighted by Gasteiger charge is -2.10. The molecular formula is C15H19N. The molecular weight excluding hydrogens is 194 g/mol. The van der Waals surface area contributed by atoms with Crippen LogP contribution in [0.3, 0.4) is 0 Å². The number of para-hydroxylation sites is 1. The van der Waals surface area contributed by atoms with E-state index in [0.717, 1.165) is 0 Å². The van der Waals surface area contributed by atoms with Crippen molar-refractivity contribution >= 4 is 17.0 Å². The summed E-state index contributed by atoms with van der Waals surface area (Å²) in [6.07, 6.45) is 4.43. The van der Waals surface area contributed by atoms with Crippen LogP contribution in [-0.4, -0.2) is 4.98 Å². The van der Waals surface area contributed by atoms with Gasteiger partial charge >= 0.3 is 0 Å². The predicted octanol–water partition coefficient (Wildman–Crippen LogP) is 4.54. The van der Waals surface area contributed by atoms with E-state index in [9.17, 15) is 0 Å². The van der Waals surface area contributed by atoms with Crippen LogP contribution in [0, 0.1) is 12.3 Å². The van der Waals surface area contributed by atoms with Crippen LogP contribution in [0.25, 0.3) is 17.0 Å². The fourth-order valence-corrected chi connectivity index (χ4v) is 1.80. The Labute approximate surface area is 97.2 Å². The molecule has 0 aliphatic heterocycles. The van der Waals surface area contributed by atoms with Gasteiger partial charge in [-0.1, -0.05) is 45.0 Å². The third-order valence-corrected chi connectivity index (χ3v) is 2.75. The zero-order valence-electron chi connectivity index (χ0n) is 10.5. The van der Waals surface area contributed by atoms with Gasteiger partial charge in [0, 0.05) is 16.6 Å². The number of allylic oxidation sites excluding steroid dienone is 1. The first kappa shape index (κ1) is 11.0. The molecule has 1 heteroatoms. The SMILES string of the molecule is Cc1c(/C=C/C(C)(C)C)[nH]c2ccccc12. The van der Waals surface area contributed by atoms with E-state index in [1.54, 1.807) is 0 Å². The summed E-state index contributed by atoms with van der Waals surface area (Å²) in [7, 11) is 0. The fourth-order valence-electron chi connectivity index (χ4n) is 1.80. The second-order valence-corrected chi connectivity index (χ2v) is 5.41. The van der Waals surface area contributed by atoms with Crippen LogP contribution in [-0.2, 0) is 0 Å². The van der Waals surface area contributed by atoms with Crippen molar-refractivity contribution in [2.45, 2.75) is 27.7 Å². The molecule has 0 fully saturated rings. The van der Waals surface area contributed by atoms with Gasteiger partial charge in [-0.25, -0.2) is 0 Å². The number of rotatable bonds is 1. The quantitative estimate of drug-likeness (QED) is 0.716. The zero-order valence-corrected chi connectivity index (χ0v) is 10.5. The van der Waals surface area contributed by atoms with E-state index in [4.69, 9.17) is 0 Å². The minimum Gasteiger partial charge on any atom is -0.355 e. The fraction of sp³-hybridized carbons (Fsp3) is 0.333. The highest BCUT2D eigenvalue weighted by atomic mass is 14.7. The maximum Gasteiger partial charge on any atom is 0.0461 e. The highest BCUT2D eigenvalue weighted by molar-refractivity contribution is 5.86. The van der Waals surface area contributed by atoms with Crippen LogP contribution < -0.4 is 0 Å². The molecule has 1 nitrogen and oxygen atoms in total. The number of hydrogen-bond donors (Lipinski definition) is 1. The normalized spacial score (nSPS) is 12.8. The summed E-state index contributed by atoms with van der Waals surface area (Å²) in [5.41, 5.74) is 3.99.